The van der Waals surface area contributed by atoms with Gasteiger partial charge in [0.1, 0.15) is 0 Å². The van der Waals surface area contributed by atoms with Crippen LogP contribution in [-0.2, 0) is 9.31 Å². The third-order valence-electron chi connectivity index (χ3n) is 3.95. The molecule has 1 heterocycles. The Morgan fingerprint density at radius 1 is 0.810 bits per heavy atom. The molecule has 116 valence electrons. The summed E-state index contributed by atoms with van der Waals surface area (Å²) in [5.74, 6) is -7.55. The van der Waals surface area contributed by atoms with Crippen molar-refractivity contribution in [2.45, 2.75) is 38.9 Å². The molecule has 8 heteroatoms. The molecule has 1 aliphatic rings. The summed E-state index contributed by atoms with van der Waals surface area (Å²) < 4.78 is 70.7. The summed E-state index contributed by atoms with van der Waals surface area (Å²) in [5, 5.41) is 0. The monoisotopic (exact) mass is 306 g/mol. The fraction of sp³-hybridized carbons (Fsp3) is 0.538. The first-order valence-corrected chi connectivity index (χ1v) is 6.29. The normalized spacial score (nSPS) is 20.0. The zero-order valence-electron chi connectivity index (χ0n) is 12.3. The van der Waals surface area contributed by atoms with Gasteiger partial charge in [-0.25, -0.2) is 8.78 Å². The fourth-order valence-electron chi connectivity index (χ4n) is 1.98. The van der Waals surface area contributed by atoms with Crippen LogP contribution in [0.5, 0.6) is 5.75 Å². The van der Waals surface area contributed by atoms with Crippen LogP contribution in [0.3, 0.4) is 0 Å². The van der Waals surface area contributed by atoms with Gasteiger partial charge < -0.3 is 14.0 Å². The fourth-order valence-corrected chi connectivity index (χ4v) is 1.98. The topological polar surface area (TPSA) is 27.7 Å². The second-order valence-electron chi connectivity index (χ2n) is 5.79. The quantitative estimate of drug-likeness (QED) is 0.477. The molecule has 1 fully saturated rings. The van der Waals surface area contributed by atoms with Crippen molar-refractivity contribution in [1.82, 2.24) is 0 Å². The van der Waals surface area contributed by atoms with E-state index in [-0.39, 0.29) is 0 Å². The van der Waals surface area contributed by atoms with Crippen molar-refractivity contribution in [3.8, 4) is 5.75 Å². The minimum atomic E-state index is -1.62. The molecule has 1 aromatic carbocycles. The highest BCUT2D eigenvalue weighted by molar-refractivity contribution is 6.62. The molecule has 21 heavy (non-hydrogen) atoms. The van der Waals surface area contributed by atoms with Crippen LogP contribution in [0.25, 0.3) is 0 Å². The summed E-state index contributed by atoms with van der Waals surface area (Å²) >= 11 is 0. The number of hydrogen-bond acceptors (Lipinski definition) is 3. The summed E-state index contributed by atoms with van der Waals surface area (Å²) in [7, 11) is -0.639. The third-order valence-corrected chi connectivity index (χ3v) is 3.95. The summed E-state index contributed by atoms with van der Waals surface area (Å²) in [6.07, 6.45) is 0. The molecule has 0 aromatic heterocycles. The van der Waals surface area contributed by atoms with Crippen LogP contribution < -0.4 is 10.2 Å². The molecule has 1 saturated heterocycles. The van der Waals surface area contributed by atoms with E-state index in [1.165, 1.54) is 0 Å². The van der Waals surface area contributed by atoms with Gasteiger partial charge in [-0.1, -0.05) is 0 Å². The maximum Gasteiger partial charge on any atom is 0.501 e. The lowest BCUT2D eigenvalue weighted by Crippen LogP contribution is -2.41. The van der Waals surface area contributed by atoms with Gasteiger partial charge in [0, 0.05) is 0 Å². The lowest BCUT2D eigenvalue weighted by molar-refractivity contribution is 0.00578. The maximum atomic E-state index is 14.0. The molecule has 2 rings (SSSR count). The largest absolute Gasteiger partial charge is 0.501 e. The molecule has 0 unspecified atom stereocenters. The summed E-state index contributed by atoms with van der Waals surface area (Å²) in [4.78, 5) is 0. The lowest BCUT2D eigenvalue weighted by atomic mass is 9.77. The number of ether oxygens (including phenoxy) is 1. The van der Waals surface area contributed by atoms with E-state index in [0.717, 1.165) is 7.11 Å². The predicted octanol–water partition coefficient (Wildman–Crippen LogP) is 2.55. The Hall–Kier alpha value is -1.28. The van der Waals surface area contributed by atoms with Crippen LogP contribution in [0.4, 0.5) is 17.6 Å². The first-order valence-electron chi connectivity index (χ1n) is 6.29. The smallest absolute Gasteiger partial charge is 0.491 e. The van der Waals surface area contributed by atoms with Crippen molar-refractivity contribution in [1.29, 1.82) is 0 Å². The number of halogens is 4. The molecule has 0 aliphatic carbocycles. The standard InChI is InChI=1S/C13H15BF4O3/c1-12(2)13(3,4)21-14(20-12)6-7(15)9(17)11(19-5)10(18)8(6)16/h1-5H3. The minimum Gasteiger partial charge on any atom is -0.491 e. The number of methoxy groups -OCH3 is 1. The van der Waals surface area contributed by atoms with Crippen LogP contribution in [0.1, 0.15) is 27.7 Å². The summed E-state index contributed by atoms with van der Waals surface area (Å²) in [6, 6.07) is 0. The highest BCUT2D eigenvalue weighted by Crippen LogP contribution is 2.37. The van der Waals surface area contributed by atoms with Crippen molar-refractivity contribution >= 4 is 12.6 Å². The molecule has 0 bridgehead atoms. The average molecular weight is 306 g/mol. The van der Waals surface area contributed by atoms with Crippen molar-refractivity contribution in [2.75, 3.05) is 7.11 Å². The Morgan fingerprint density at radius 2 is 1.19 bits per heavy atom. The Bertz CT molecular complexity index is 544. The molecule has 1 aliphatic heterocycles. The highest BCUT2D eigenvalue weighted by Gasteiger charge is 2.54. The number of hydrogen-bond donors (Lipinski definition) is 0. The van der Waals surface area contributed by atoms with Crippen molar-refractivity contribution in [3.63, 3.8) is 0 Å². The molecule has 0 radical (unpaired) electrons. The van der Waals surface area contributed by atoms with E-state index in [4.69, 9.17) is 9.31 Å². The van der Waals surface area contributed by atoms with E-state index in [2.05, 4.69) is 4.74 Å². The van der Waals surface area contributed by atoms with Gasteiger partial charge in [0.15, 0.2) is 17.4 Å². The van der Waals surface area contributed by atoms with Crippen molar-refractivity contribution in [2.24, 2.45) is 0 Å². The summed E-state index contributed by atoms with van der Waals surface area (Å²) in [5.41, 5.74) is -2.74. The van der Waals surface area contributed by atoms with Crippen LogP contribution in [0, 0.1) is 23.3 Å². The molecule has 0 saturated carbocycles. The molecule has 0 spiro atoms. The van der Waals surface area contributed by atoms with E-state index in [1.54, 1.807) is 27.7 Å². The minimum absolute atomic E-state index is 0.899. The van der Waals surface area contributed by atoms with Crippen molar-refractivity contribution < 1.29 is 31.6 Å². The first kappa shape index (κ1) is 16.1. The van der Waals surface area contributed by atoms with Crippen LogP contribution >= 0.6 is 0 Å². The van der Waals surface area contributed by atoms with Gasteiger partial charge in [-0.05, 0) is 27.7 Å². The number of benzene rings is 1. The van der Waals surface area contributed by atoms with Crippen molar-refractivity contribution in [3.05, 3.63) is 23.3 Å². The highest BCUT2D eigenvalue weighted by atomic mass is 19.2. The SMILES string of the molecule is COc1c(F)c(F)c(B2OC(C)(C)C(C)(C)O2)c(F)c1F. The predicted molar refractivity (Wildman–Crippen MR) is 68.5 cm³/mol. The van der Waals surface area contributed by atoms with Gasteiger partial charge >= 0.3 is 7.12 Å². The van der Waals surface area contributed by atoms with Gasteiger partial charge in [-0.3, -0.25) is 0 Å². The van der Waals surface area contributed by atoms with Crippen LogP contribution in [0.2, 0.25) is 0 Å². The summed E-state index contributed by atoms with van der Waals surface area (Å²) in [6.45, 7) is 6.61. The second-order valence-corrected chi connectivity index (χ2v) is 5.79. The molecule has 0 amide bonds. The Labute approximate surface area is 120 Å². The van der Waals surface area contributed by atoms with E-state index in [9.17, 15) is 17.6 Å². The van der Waals surface area contributed by atoms with Gasteiger partial charge in [0.25, 0.3) is 0 Å². The van der Waals surface area contributed by atoms with E-state index >= 15 is 0 Å². The van der Waals surface area contributed by atoms with Gasteiger partial charge in [0.2, 0.25) is 11.6 Å². The maximum absolute atomic E-state index is 14.0. The van der Waals surface area contributed by atoms with E-state index in [0.29, 0.717) is 0 Å². The van der Waals surface area contributed by atoms with E-state index in [1.807, 2.05) is 0 Å². The molecule has 0 atom stereocenters. The third kappa shape index (κ3) is 2.30. The molecular weight excluding hydrogens is 291 g/mol. The molecular formula is C13H15BF4O3. The van der Waals surface area contributed by atoms with Crippen LogP contribution in [-0.4, -0.2) is 25.4 Å². The van der Waals surface area contributed by atoms with Gasteiger partial charge in [-0.2, -0.15) is 8.78 Å². The van der Waals surface area contributed by atoms with Gasteiger partial charge in [0.05, 0.1) is 23.8 Å². The van der Waals surface area contributed by atoms with Crippen LogP contribution in [0.15, 0.2) is 0 Å². The zero-order valence-corrected chi connectivity index (χ0v) is 12.3. The molecule has 3 nitrogen and oxygen atoms in total. The number of rotatable bonds is 2. The Balaban J connectivity index is 2.57. The van der Waals surface area contributed by atoms with E-state index < -0.39 is 52.8 Å². The molecule has 1 aromatic rings. The Morgan fingerprint density at radius 3 is 1.52 bits per heavy atom. The first-order chi connectivity index (χ1) is 9.53. The van der Waals surface area contributed by atoms with Gasteiger partial charge in [-0.15, -0.1) is 0 Å². The average Bonchev–Trinajstić information content (AvgIpc) is 2.57. The lowest BCUT2D eigenvalue weighted by Gasteiger charge is -2.32. The zero-order chi connectivity index (χ0) is 16.2. The molecule has 0 N–H and O–H groups in total. The Kier molecular flexibility index (Phi) is 3.74. The second kappa shape index (κ2) is 4.88.